The Morgan fingerprint density at radius 2 is 1.82 bits per heavy atom. The molecule has 22 heavy (non-hydrogen) atoms. The maximum Gasteiger partial charge on any atom is 0.163 e. The van der Waals surface area contributed by atoms with Gasteiger partial charge < -0.3 is 19.3 Å². The Morgan fingerprint density at radius 3 is 2.50 bits per heavy atom. The Hall–Kier alpha value is -0.940. The van der Waals surface area contributed by atoms with Crippen LogP contribution in [0.15, 0.2) is 30.3 Å². The number of hydrogen-bond donors (Lipinski definition) is 1. The van der Waals surface area contributed by atoms with E-state index in [1.54, 1.807) is 0 Å². The SMILES string of the molecule is CC1(C)O[C@@H]2[C@@H]3C[C@@H]([C@H](OCc4ccccc4)[C@@H]3CO)[C@@H]2O1. The summed E-state index contributed by atoms with van der Waals surface area (Å²) in [5.41, 5.74) is 1.17. The molecule has 3 aliphatic rings. The maximum absolute atomic E-state index is 9.83. The Morgan fingerprint density at radius 1 is 1.14 bits per heavy atom. The molecule has 1 saturated heterocycles. The third kappa shape index (κ3) is 2.29. The van der Waals surface area contributed by atoms with Crippen LogP contribution in [-0.4, -0.2) is 35.8 Å². The van der Waals surface area contributed by atoms with Crippen LogP contribution in [0.3, 0.4) is 0 Å². The second-order valence-electron chi connectivity index (χ2n) is 7.24. The van der Waals surface area contributed by atoms with Gasteiger partial charge in [-0.1, -0.05) is 30.3 Å². The van der Waals surface area contributed by atoms with Crippen LogP contribution in [0.2, 0.25) is 0 Å². The normalized spacial score (nSPS) is 41.8. The van der Waals surface area contributed by atoms with Crippen molar-refractivity contribution >= 4 is 0 Å². The van der Waals surface area contributed by atoms with E-state index in [-0.39, 0.29) is 30.8 Å². The fourth-order valence-electron chi connectivity index (χ4n) is 4.62. The minimum Gasteiger partial charge on any atom is -0.396 e. The van der Waals surface area contributed by atoms with E-state index >= 15 is 0 Å². The lowest BCUT2D eigenvalue weighted by Crippen LogP contribution is -2.45. The van der Waals surface area contributed by atoms with Crippen molar-refractivity contribution in [1.29, 1.82) is 0 Å². The Balaban J connectivity index is 1.49. The number of aliphatic hydroxyl groups excluding tert-OH is 1. The van der Waals surface area contributed by atoms with Crippen molar-refractivity contribution in [2.75, 3.05) is 6.61 Å². The molecule has 1 aromatic carbocycles. The zero-order valence-electron chi connectivity index (χ0n) is 13.1. The van der Waals surface area contributed by atoms with Gasteiger partial charge in [0.25, 0.3) is 0 Å². The van der Waals surface area contributed by atoms with Crippen molar-refractivity contribution in [3.05, 3.63) is 35.9 Å². The van der Waals surface area contributed by atoms with Crippen molar-refractivity contribution < 1.29 is 19.3 Å². The van der Waals surface area contributed by atoms with Crippen LogP contribution in [0, 0.1) is 17.8 Å². The monoisotopic (exact) mass is 304 g/mol. The number of fused-ring (bicyclic) bond motifs is 5. The maximum atomic E-state index is 9.83. The van der Waals surface area contributed by atoms with Gasteiger partial charge in [0.05, 0.1) is 24.9 Å². The van der Waals surface area contributed by atoms with Gasteiger partial charge in [-0.25, -0.2) is 0 Å². The molecule has 0 unspecified atom stereocenters. The van der Waals surface area contributed by atoms with Gasteiger partial charge >= 0.3 is 0 Å². The summed E-state index contributed by atoms with van der Waals surface area (Å²) in [7, 11) is 0. The van der Waals surface area contributed by atoms with Crippen molar-refractivity contribution in [2.45, 2.75) is 51.0 Å². The topological polar surface area (TPSA) is 47.9 Å². The van der Waals surface area contributed by atoms with Crippen molar-refractivity contribution in [3.8, 4) is 0 Å². The summed E-state index contributed by atoms with van der Waals surface area (Å²) < 4.78 is 18.4. The van der Waals surface area contributed by atoms with Gasteiger partial charge in [0, 0.05) is 18.4 Å². The zero-order chi connectivity index (χ0) is 15.3. The molecule has 3 fully saturated rings. The second kappa shape index (κ2) is 5.31. The molecule has 1 aromatic rings. The van der Waals surface area contributed by atoms with E-state index in [9.17, 15) is 5.11 Å². The van der Waals surface area contributed by atoms with Crippen LogP contribution in [0.1, 0.15) is 25.8 Å². The first-order valence-corrected chi connectivity index (χ1v) is 8.21. The highest BCUT2D eigenvalue weighted by molar-refractivity contribution is 5.14. The summed E-state index contributed by atoms with van der Waals surface area (Å²) in [6.07, 6.45) is 1.34. The molecule has 6 atom stereocenters. The third-order valence-electron chi connectivity index (χ3n) is 5.44. The molecule has 1 N–H and O–H groups in total. The summed E-state index contributed by atoms with van der Waals surface area (Å²) >= 11 is 0. The van der Waals surface area contributed by atoms with Crippen molar-refractivity contribution in [1.82, 2.24) is 0 Å². The summed E-state index contributed by atoms with van der Waals surface area (Å²) in [5.74, 6) is 0.327. The molecule has 0 aromatic heterocycles. The van der Waals surface area contributed by atoms with Gasteiger partial charge in [-0.05, 0) is 31.7 Å². The van der Waals surface area contributed by atoms with Crippen LogP contribution in [0.25, 0.3) is 0 Å². The number of aliphatic hydroxyl groups is 1. The van der Waals surface area contributed by atoms with E-state index in [1.165, 1.54) is 5.56 Å². The lowest BCUT2D eigenvalue weighted by molar-refractivity contribution is -0.159. The first-order valence-electron chi connectivity index (χ1n) is 8.21. The molecule has 2 saturated carbocycles. The van der Waals surface area contributed by atoms with Gasteiger partial charge in [0.2, 0.25) is 0 Å². The molecule has 0 spiro atoms. The lowest BCUT2D eigenvalue weighted by Gasteiger charge is -2.35. The average molecular weight is 304 g/mol. The Bertz CT molecular complexity index is 529. The van der Waals surface area contributed by atoms with Crippen molar-refractivity contribution in [2.24, 2.45) is 17.8 Å². The van der Waals surface area contributed by atoms with Crippen LogP contribution in [0.5, 0.6) is 0 Å². The molecule has 0 radical (unpaired) electrons. The summed E-state index contributed by atoms with van der Waals surface area (Å²) in [6.45, 7) is 4.69. The first-order chi connectivity index (χ1) is 10.6. The standard InChI is InChI=1S/C18H24O4/c1-18(2)21-16-12-8-13(17(16)22-18)15(14(12)9-19)20-10-11-6-4-3-5-7-11/h3-7,12-17,19H,8-10H2,1-2H3/t12-,13+,14-,15+,16-,17+/m1/s1. The first kappa shape index (κ1) is 14.6. The van der Waals surface area contributed by atoms with E-state index in [4.69, 9.17) is 14.2 Å². The highest BCUT2D eigenvalue weighted by Gasteiger charge is 2.64. The van der Waals surface area contributed by atoms with Gasteiger partial charge in [0.15, 0.2) is 5.79 Å². The Labute approximate surface area is 131 Å². The Kier molecular flexibility index (Phi) is 3.53. The quantitative estimate of drug-likeness (QED) is 0.927. The molecule has 2 bridgehead atoms. The minimum absolute atomic E-state index is 0.0638. The molecule has 4 rings (SSSR count). The summed E-state index contributed by atoms with van der Waals surface area (Å²) in [4.78, 5) is 0. The number of rotatable bonds is 4. The molecule has 0 amide bonds. The predicted molar refractivity (Wildman–Crippen MR) is 81.0 cm³/mol. The highest BCUT2D eigenvalue weighted by atomic mass is 16.8. The van der Waals surface area contributed by atoms with Gasteiger partial charge in [0.1, 0.15) is 0 Å². The lowest BCUT2D eigenvalue weighted by atomic mass is 9.83. The molecule has 4 nitrogen and oxygen atoms in total. The number of benzene rings is 1. The molecule has 2 aliphatic carbocycles. The van der Waals surface area contributed by atoms with Crippen LogP contribution >= 0.6 is 0 Å². The van der Waals surface area contributed by atoms with Gasteiger partial charge in [-0.2, -0.15) is 0 Å². The van der Waals surface area contributed by atoms with Gasteiger partial charge in [-0.3, -0.25) is 0 Å². The number of ether oxygens (including phenoxy) is 3. The summed E-state index contributed by atoms with van der Waals surface area (Å²) in [6, 6.07) is 10.2. The molecular weight excluding hydrogens is 280 g/mol. The van der Waals surface area contributed by atoms with Crippen LogP contribution in [-0.2, 0) is 20.8 Å². The molecule has 1 aliphatic heterocycles. The zero-order valence-corrected chi connectivity index (χ0v) is 13.1. The largest absolute Gasteiger partial charge is 0.396 e. The van der Waals surface area contributed by atoms with Crippen LogP contribution in [0.4, 0.5) is 0 Å². The summed E-state index contributed by atoms with van der Waals surface area (Å²) in [5, 5.41) is 9.83. The molecule has 4 heteroatoms. The van der Waals surface area contributed by atoms with E-state index in [0.717, 1.165) is 6.42 Å². The van der Waals surface area contributed by atoms with E-state index in [1.807, 2.05) is 32.0 Å². The third-order valence-corrected chi connectivity index (χ3v) is 5.44. The van der Waals surface area contributed by atoms with Crippen molar-refractivity contribution in [3.63, 3.8) is 0 Å². The van der Waals surface area contributed by atoms with E-state index < -0.39 is 5.79 Å². The molecular formula is C18H24O4. The van der Waals surface area contributed by atoms with Crippen LogP contribution < -0.4 is 0 Å². The predicted octanol–water partition coefficient (Wildman–Crippen LogP) is 2.35. The highest BCUT2D eigenvalue weighted by Crippen LogP contribution is 2.56. The molecule has 120 valence electrons. The fraction of sp³-hybridized carbons (Fsp3) is 0.667. The van der Waals surface area contributed by atoms with E-state index in [2.05, 4.69) is 12.1 Å². The minimum atomic E-state index is -0.513. The fourth-order valence-corrected chi connectivity index (χ4v) is 4.62. The second-order valence-corrected chi connectivity index (χ2v) is 7.24. The van der Waals surface area contributed by atoms with Gasteiger partial charge in [-0.15, -0.1) is 0 Å². The molecule has 1 heterocycles. The average Bonchev–Trinajstić information content (AvgIpc) is 3.12. The smallest absolute Gasteiger partial charge is 0.163 e. The number of hydrogen-bond acceptors (Lipinski definition) is 4. The van der Waals surface area contributed by atoms with E-state index in [0.29, 0.717) is 18.4 Å².